The van der Waals surface area contributed by atoms with Gasteiger partial charge in [0.15, 0.2) is 11.5 Å². The average Bonchev–Trinajstić information content (AvgIpc) is 2.89. The molecule has 0 amide bonds. The van der Waals surface area contributed by atoms with Crippen LogP contribution in [0, 0.1) is 11.8 Å². The maximum absolute atomic E-state index is 5.79. The lowest BCUT2D eigenvalue weighted by atomic mass is 9.99. The van der Waals surface area contributed by atoms with Crippen molar-refractivity contribution in [3.63, 3.8) is 0 Å². The Morgan fingerprint density at radius 2 is 2.04 bits per heavy atom. The lowest BCUT2D eigenvalue weighted by Crippen LogP contribution is -2.32. The van der Waals surface area contributed by atoms with Crippen molar-refractivity contribution in [1.82, 2.24) is 14.9 Å². The summed E-state index contributed by atoms with van der Waals surface area (Å²) in [6.45, 7) is 9.03. The third-order valence-electron chi connectivity index (χ3n) is 4.92. The summed E-state index contributed by atoms with van der Waals surface area (Å²) in [4.78, 5) is 4.93. The molecular weight excluding hydrogens is 302 g/mol. The molecule has 2 aromatic rings. The predicted octanol–water partition coefficient (Wildman–Crippen LogP) is 3.01. The van der Waals surface area contributed by atoms with Gasteiger partial charge in [0, 0.05) is 25.1 Å². The summed E-state index contributed by atoms with van der Waals surface area (Å²) in [6, 6.07) is 4.17. The van der Waals surface area contributed by atoms with Gasteiger partial charge in [0.1, 0.15) is 19.0 Å². The maximum atomic E-state index is 5.79. The molecule has 1 aromatic heterocycles. The van der Waals surface area contributed by atoms with Crippen LogP contribution >= 0.6 is 0 Å². The molecule has 1 aromatic carbocycles. The quantitative estimate of drug-likeness (QED) is 0.937. The lowest BCUT2D eigenvalue weighted by Gasteiger charge is -2.24. The minimum Gasteiger partial charge on any atom is -0.486 e. The van der Waals surface area contributed by atoms with Crippen LogP contribution in [0.5, 0.6) is 11.5 Å². The van der Waals surface area contributed by atoms with Crippen LogP contribution in [0.15, 0.2) is 12.1 Å². The van der Waals surface area contributed by atoms with Gasteiger partial charge >= 0.3 is 0 Å². The molecule has 130 valence electrons. The minimum atomic E-state index is 0.590. The molecule has 1 atom stereocenters. The predicted molar refractivity (Wildman–Crippen MR) is 94.9 cm³/mol. The van der Waals surface area contributed by atoms with E-state index in [1.54, 1.807) is 0 Å². The highest BCUT2D eigenvalue weighted by Gasteiger charge is 2.21. The van der Waals surface area contributed by atoms with Gasteiger partial charge in [-0.05, 0) is 37.8 Å². The standard InChI is InChI=1S/C19H27N3O2/c1-13(2)8-19-21-15-9-17-18(24-7-6-23-17)10-16(15)22(19)12-14-4-3-5-20-11-14/h9-10,13-14,20H,3-8,11-12H2,1-2H3. The van der Waals surface area contributed by atoms with E-state index in [2.05, 4.69) is 29.8 Å². The van der Waals surface area contributed by atoms with Crippen molar-refractivity contribution in [2.24, 2.45) is 11.8 Å². The maximum Gasteiger partial charge on any atom is 0.163 e. The third-order valence-corrected chi connectivity index (χ3v) is 4.92. The van der Waals surface area contributed by atoms with E-state index in [1.165, 1.54) is 24.2 Å². The van der Waals surface area contributed by atoms with E-state index in [0.717, 1.165) is 43.1 Å². The monoisotopic (exact) mass is 329 g/mol. The smallest absolute Gasteiger partial charge is 0.163 e. The van der Waals surface area contributed by atoms with Crippen LogP contribution in [-0.2, 0) is 13.0 Å². The number of rotatable bonds is 4. The van der Waals surface area contributed by atoms with E-state index in [4.69, 9.17) is 14.5 Å². The van der Waals surface area contributed by atoms with Gasteiger partial charge in [0.2, 0.25) is 0 Å². The molecular formula is C19H27N3O2. The number of benzene rings is 1. The van der Waals surface area contributed by atoms with Crippen LogP contribution in [0.25, 0.3) is 11.0 Å². The van der Waals surface area contributed by atoms with Gasteiger partial charge in [-0.25, -0.2) is 4.98 Å². The summed E-state index contributed by atoms with van der Waals surface area (Å²) in [6.07, 6.45) is 3.56. The zero-order chi connectivity index (χ0) is 16.5. The van der Waals surface area contributed by atoms with Crippen LogP contribution < -0.4 is 14.8 Å². The van der Waals surface area contributed by atoms with E-state index < -0.39 is 0 Å². The highest BCUT2D eigenvalue weighted by atomic mass is 16.6. The Labute approximate surface area is 143 Å². The van der Waals surface area contributed by atoms with Crippen molar-refractivity contribution >= 4 is 11.0 Å². The van der Waals surface area contributed by atoms with Gasteiger partial charge in [-0.3, -0.25) is 0 Å². The molecule has 0 saturated carbocycles. The molecule has 4 rings (SSSR count). The third kappa shape index (κ3) is 3.09. The largest absolute Gasteiger partial charge is 0.486 e. The van der Waals surface area contributed by atoms with Gasteiger partial charge in [0.25, 0.3) is 0 Å². The van der Waals surface area contributed by atoms with Gasteiger partial charge < -0.3 is 19.4 Å². The van der Waals surface area contributed by atoms with E-state index in [0.29, 0.717) is 25.0 Å². The summed E-state index contributed by atoms with van der Waals surface area (Å²) >= 11 is 0. The number of nitrogens with zero attached hydrogens (tertiary/aromatic N) is 2. The Kier molecular flexibility index (Phi) is 4.35. The first-order valence-electron chi connectivity index (χ1n) is 9.20. The highest BCUT2D eigenvalue weighted by molar-refractivity contribution is 5.80. The summed E-state index contributed by atoms with van der Waals surface area (Å²) in [7, 11) is 0. The molecule has 5 nitrogen and oxygen atoms in total. The molecule has 1 N–H and O–H groups in total. The van der Waals surface area contributed by atoms with Crippen molar-refractivity contribution in [3.05, 3.63) is 18.0 Å². The second-order valence-corrected chi connectivity index (χ2v) is 7.43. The molecule has 3 heterocycles. The van der Waals surface area contributed by atoms with Crippen LogP contribution in [0.2, 0.25) is 0 Å². The van der Waals surface area contributed by atoms with Crippen LogP contribution in [0.1, 0.15) is 32.5 Å². The molecule has 2 aliphatic rings. The fourth-order valence-corrected chi connectivity index (χ4v) is 3.77. The molecule has 5 heteroatoms. The van der Waals surface area contributed by atoms with Crippen LogP contribution in [-0.4, -0.2) is 35.9 Å². The van der Waals surface area contributed by atoms with Crippen molar-refractivity contribution in [2.45, 2.75) is 39.7 Å². The van der Waals surface area contributed by atoms with E-state index in [9.17, 15) is 0 Å². The summed E-state index contributed by atoms with van der Waals surface area (Å²) < 4.78 is 13.9. The second-order valence-electron chi connectivity index (χ2n) is 7.43. The summed E-state index contributed by atoms with van der Waals surface area (Å²) in [5, 5.41) is 3.53. The number of fused-ring (bicyclic) bond motifs is 2. The Morgan fingerprint density at radius 1 is 1.25 bits per heavy atom. The number of ether oxygens (including phenoxy) is 2. The molecule has 0 bridgehead atoms. The number of piperidine rings is 1. The molecule has 0 radical (unpaired) electrons. The van der Waals surface area contributed by atoms with E-state index in [-0.39, 0.29) is 0 Å². The number of hydrogen-bond donors (Lipinski definition) is 1. The van der Waals surface area contributed by atoms with Gasteiger partial charge in [-0.1, -0.05) is 13.8 Å². The number of imidazole rings is 1. The van der Waals surface area contributed by atoms with Gasteiger partial charge in [-0.15, -0.1) is 0 Å². The molecule has 1 saturated heterocycles. The highest BCUT2D eigenvalue weighted by Crippen LogP contribution is 2.35. The lowest BCUT2D eigenvalue weighted by molar-refractivity contribution is 0.172. The molecule has 0 spiro atoms. The van der Waals surface area contributed by atoms with E-state index >= 15 is 0 Å². The second kappa shape index (κ2) is 6.63. The first-order valence-corrected chi connectivity index (χ1v) is 9.20. The first kappa shape index (κ1) is 15.8. The molecule has 0 aliphatic carbocycles. The van der Waals surface area contributed by atoms with Crippen molar-refractivity contribution in [2.75, 3.05) is 26.3 Å². The fraction of sp³-hybridized carbons (Fsp3) is 0.632. The topological polar surface area (TPSA) is 48.3 Å². The van der Waals surface area contributed by atoms with Crippen LogP contribution in [0.3, 0.4) is 0 Å². The van der Waals surface area contributed by atoms with Crippen molar-refractivity contribution < 1.29 is 9.47 Å². The zero-order valence-corrected chi connectivity index (χ0v) is 14.7. The Bertz CT molecular complexity index is 717. The Morgan fingerprint density at radius 3 is 2.75 bits per heavy atom. The summed E-state index contributed by atoms with van der Waals surface area (Å²) in [5.41, 5.74) is 2.21. The number of hydrogen-bond acceptors (Lipinski definition) is 4. The Hall–Kier alpha value is -1.75. The Balaban J connectivity index is 1.74. The molecule has 24 heavy (non-hydrogen) atoms. The average molecular weight is 329 g/mol. The van der Waals surface area contributed by atoms with Crippen molar-refractivity contribution in [3.8, 4) is 11.5 Å². The number of aromatic nitrogens is 2. The molecule has 1 fully saturated rings. The van der Waals surface area contributed by atoms with Gasteiger partial charge in [-0.2, -0.15) is 0 Å². The first-order chi connectivity index (χ1) is 11.7. The minimum absolute atomic E-state index is 0.590. The van der Waals surface area contributed by atoms with Gasteiger partial charge in [0.05, 0.1) is 11.0 Å². The fourth-order valence-electron chi connectivity index (χ4n) is 3.77. The zero-order valence-electron chi connectivity index (χ0n) is 14.7. The van der Waals surface area contributed by atoms with E-state index in [1.807, 2.05) is 6.07 Å². The molecule has 1 unspecified atom stereocenters. The summed E-state index contributed by atoms with van der Waals surface area (Å²) in [5.74, 6) is 4.14. The van der Waals surface area contributed by atoms with Crippen LogP contribution in [0.4, 0.5) is 0 Å². The van der Waals surface area contributed by atoms with Crippen molar-refractivity contribution in [1.29, 1.82) is 0 Å². The normalized spacial score (nSPS) is 20.7. The molecule has 2 aliphatic heterocycles. The number of nitrogens with one attached hydrogen (secondary N) is 1. The SMILES string of the molecule is CC(C)Cc1nc2cc3c(cc2n1CC1CCCNC1)OCCO3.